The highest BCUT2D eigenvalue weighted by Gasteiger charge is 2.14. The van der Waals surface area contributed by atoms with Crippen LogP contribution in [0.3, 0.4) is 0 Å². The van der Waals surface area contributed by atoms with Crippen LogP contribution in [-0.2, 0) is 0 Å². The van der Waals surface area contributed by atoms with Gasteiger partial charge in [-0.2, -0.15) is 0 Å². The number of hydrogen-bond donors (Lipinski definition) is 2. The monoisotopic (exact) mass is 229 g/mol. The van der Waals surface area contributed by atoms with Crippen molar-refractivity contribution in [2.75, 3.05) is 11.9 Å². The fourth-order valence-electron chi connectivity index (χ4n) is 1.20. The van der Waals surface area contributed by atoms with Crippen LogP contribution < -0.4 is 5.32 Å². The minimum Gasteiger partial charge on any atom is -0.476 e. The molecule has 0 aromatic carbocycles. The molecule has 0 aliphatic carbocycles. The third-order valence-corrected chi connectivity index (χ3v) is 2.69. The molecule has 84 valence electrons. The molecule has 0 bridgehead atoms. The summed E-state index contributed by atoms with van der Waals surface area (Å²) < 4.78 is 3.61. The zero-order valence-corrected chi connectivity index (χ0v) is 9.51. The van der Waals surface area contributed by atoms with E-state index in [1.807, 2.05) is 0 Å². The lowest BCUT2D eigenvalue weighted by Gasteiger charge is -2.02. The molecule has 15 heavy (non-hydrogen) atoms. The quantitative estimate of drug-likeness (QED) is 0.701. The lowest BCUT2D eigenvalue weighted by atomic mass is 10.2. The molecule has 0 radical (unpaired) electrons. The Bertz CT molecular complexity index is 314. The molecule has 1 rings (SSSR count). The molecule has 2 N–H and O–H groups in total. The maximum Gasteiger partial charge on any atom is 0.359 e. The van der Waals surface area contributed by atoms with Crippen molar-refractivity contribution in [2.24, 2.45) is 0 Å². The van der Waals surface area contributed by atoms with E-state index in [4.69, 9.17) is 5.11 Å². The van der Waals surface area contributed by atoms with Crippen LogP contribution in [0.4, 0.5) is 5.00 Å². The van der Waals surface area contributed by atoms with Crippen LogP contribution in [0.2, 0.25) is 0 Å². The van der Waals surface area contributed by atoms with Gasteiger partial charge in [0.15, 0.2) is 0 Å². The molecule has 0 fully saturated rings. The number of carbonyl (C=O) groups is 1. The van der Waals surface area contributed by atoms with E-state index in [9.17, 15) is 4.79 Å². The van der Waals surface area contributed by atoms with Crippen LogP contribution in [-0.4, -0.2) is 27.2 Å². The van der Waals surface area contributed by atoms with Crippen LogP contribution in [0.15, 0.2) is 0 Å². The van der Waals surface area contributed by atoms with Gasteiger partial charge in [0.05, 0.1) is 0 Å². The van der Waals surface area contributed by atoms with Crippen molar-refractivity contribution in [3.05, 3.63) is 5.69 Å². The van der Waals surface area contributed by atoms with E-state index < -0.39 is 5.97 Å². The third kappa shape index (κ3) is 3.83. The number of rotatable bonds is 7. The molecule has 0 atom stereocenters. The lowest BCUT2D eigenvalue weighted by molar-refractivity contribution is 0.0691. The number of unbranched alkanes of at least 4 members (excludes halogenated alkanes) is 3. The molecule has 0 unspecified atom stereocenters. The topological polar surface area (TPSA) is 75.1 Å². The average molecular weight is 229 g/mol. The highest BCUT2D eigenvalue weighted by molar-refractivity contribution is 7.10. The van der Waals surface area contributed by atoms with Gasteiger partial charge >= 0.3 is 5.97 Å². The molecule has 1 aromatic rings. The van der Waals surface area contributed by atoms with Crippen molar-refractivity contribution in [1.29, 1.82) is 0 Å². The molecule has 5 nitrogen and oxygen atoms in total. The van der Waals surface area contributed by atoms with E-state index >= 15 is 0 Å². The van der Waals surface area contributed by atoms with Crippen LogP contribution in [0.25, 0.3) is 0 Å². The van der Waals surface area contributed by atoms with Gasteiger partial charge in [-0.1, -0.05) is 30.7 Å². The first-order valence-corrected chi connectivity index (χ1v) is 5.82. The van der Waals surface area contributed by atoms with Gasteiger partial charge in [0.1, 0.15) is 5.00 Å². The van der Waals surface area contributed by atoms with E-state index in [0.717, 1.165) is 30.9 Å². The smallest absolute Gasteiger partial charge is 0.359 e. The number of nitrogens with zero attached hydrogens (tertiary/aromatic N) is 2. The fourth-order valence-corrected chi connectivity index (χ4v) is 1.79. The van der Waals surface area contributed by atoms with Crippen LogP contribution >= 0.6 is 11.5 Å². The van der Waals surface area contributed by atoms with Gasteiger partial charge < -0.3 is 10.4 Å². The van der Waals surface area contributed by atoms with Gasteiger partial charge in [0, 0.05) is 18.1 Å². The predicted molar refractivity (Wildman–Crippen MR) is 59.5 cm³/mol. The number of aromatic nitrogens is 2. The third-order valence-electron chi connectivity index (χ3n) is 2.01. The Labute approximate surface area is 92.7 Å². The summed E-state index contributed by atoms with van der Waals surface area (Å²) in [4.78, 5) is 10.7. The SMILES string of the molecule is CCCCCCNc1snnc1C(=O)O. The summed E-state index contributed by atoms with van der Waals surface area (Å²) in [6.45, 7) is 2.94. The molecule has 0 saturated heterocycles. The number of hydrogen-bond acceptors (Lipinski definition) is 5. The fraction of sp³-hybridized carbons (Fsp3) is 0.667. The van der Waals surface area contributed by atoms with Gasteiger partial charge in [-0.25, -0.2) is 4.79 Å². The molecular formula is C9H15N3O2S. The van der Waals surface area contributed by atoms with Crippen molar-refractivity contribution >= 4 is 22.5 Å². The summed E-state index contributed by atoms with van der Waals surface area (Å²) in [5.74, 6) is -1.03. The van der Waals surface area contributed by atoms with Gasteiger partial charge in [0.25, 0.3) is 0 Å². The average Bonchev–Trinajstić information content (AvgIpc) is 2.66. The molecule has 0 amide bonds. The van der Waals surface area contributed by atoms with Crippen molar-refractivity contribution in [3.8, 4) is 0 Å². The van der Waals surface area contributed by atoms with E-state index in [2.05, 4.69) is 21.8 Å². The van der Waals surface area contributed by atoms with Crippen molar-refractivity contribution in [2.45, 2.75) is 32.6 Å². The van der Waals surface area contributed by atoms with Crippen LogP contribution in [0, 0.1) is 0 Å². The van der Waals surface area contributed by atoms with E-state index in [0.29, 0.717) is 5.00 Å². The molecule has 0 saturated carbocycles. The molecular weight excluding hydrogens is 214 g/mol. The molecule has 1 heterocycles. The Balaban J connectivity index is 2.31. The van der Waals surface area contributed by atoms with Crippen molar-refractivity contribution in [3.63, 3.8) is 0 Å². The first-order valence-electron chi connectivity index (χ1n) is 5.05. The number of aromatic carboxylic acids is 1. The molecule has 0 aliphatic heterocycles. The zero-order valence-electron chi connectivity index (χ0n) is 8.69. The lowest BCUT2D eigenvalue weighted by Crippen LogP contribution is -2.06. The number of carboxylic acids is 1. The highest BCUT2D eigenvalue weighted by Crippen LogP contribution is 2.17. The van der Waals surface area contributed by atoms with Gasteiger partial charge in [0.2, 0.25) is 5.69 Å². The predicted octanol–water partition coefficient (Wildman–Crippen LogP) is 2.23. The maximum atomic E-state index is 10.7. The van der Waals surface area contributed by atoms with Crippen molar-refractivity contribution < 1.29 is 9.90 Å². The van der Waals surface area contributed by atoms with Gasteiger partial charge in [-0.3, -0.25) is 0 Å². The summed E-state index contributed by atoms with van der Waals surface area (Å²) >= 11 is 1.09. The summed E-state index contributed by atoms with van der Waals surface area (Å²) in [6, 6.07) is 0. The van der Waals surface area contributed by atoms with E-state index in [-0.39, 0.29) is 5.69 Å². The molecule has 1 aromatic heterocycles. The summed E-state index contributed by atoms with van der Waals surface area (Å²) in [7, 11) is 0. The number of carboxylic acid groups (broad SMARTS) is 1. The Kier molecular flexibility index (Phi) is 5.03. The Morgan fingerprint density at radius 3 is 2.93 bits per heavy atom. The van der Waals surface area contributed by atoms with Gasteiger partial charge in [-0.15, -0.1) is 5.10 Å². The second kappa shape index (κ2) is 6.34. The normalized spacial score (nSPS) is 10.2. The summed E-state index contributed by atoms with van der Waals surface area (Å²) in [6.07, 6.45) is 4.62. The standard InChI is InChI=1S/C9H15N3O2S/c1-2-3-4-5-6-10-8-7(9(13)14)11-12-15-8/h10H,2-6H2,1H3,(H,13,14). The zero-order chi connectivity index (χ0) is 11.1. The second-order valence-electron chi connectivity index (χ2n) is 3.24. The first-order chi connectivity index (χ1) is 7.25. The maximum absolute atomic E-state index is 10.7. The second-order valence-corrected chi connectivity index (χ2v) is 4.00. The van der Waals surface area contributed by atoms with E-state index in [1.165, 1.54) is 12.8 Å². The Morgan fingerprint density at radius 1 is 1.47 bits per heavy atom. The van der Waals surface area contributed by atoms with Crippen molar-refractivity contribution in [1.82, 2.24) is 9.59 Å². The van der Waals surface area contributed by atoms with Gasteiger partial charge in [-0.05, 0) is 6.42 Å². The largest absolute Gasteiger partial charge is 0.476 e. The van der Waals surface area contributed by atoms with Crippen LogP contribution in [0.5, 0.6) is 0 Å². The Morgan fingerprint density at radius 2 is 2.27 bits per heavy atom. The van der Waals surface area contributed by atoms with E-state index in [1.54, 1.807) is 0 Å². The molecule has 0 spiro atoms. The summed E-state index contributed by atoms with van der Waals surface area (Å²) in [5, 5.41) is 15.9. The highest BCUT2D eigenvalue weighted by atomic mass is 32.1. The Hall–Kier alpha value is -1.17. The molecule has 0 aliphatic rings. The number of anilines is 1. The van der Waals surface area contributed by atoms with Crippen LogP contribution in [0.1, 0.15) is 43.1 Å². The number of nitrogens with one attached hydrogen (secondary N) is 1. The first kappa shape index (κ1) is 11.9. The minimum atomic E-state index is -1.03. The minimum absolute atomic E-state index is 0.0236. The molecule has 6 heteroatoms. The summed E-state index contributed by atoms with van der Waals surface area (Å²) in [5.41, 5.74) is 0.0236.